The first-order valence-corrected chi connectivity index (χ1v) is 10.6. The minimum Gasteiger partial charge on any atom is -0.496 e. The van der Waals surface area contributed by atoms with Crippen LogP contribution in [0.2, 0.25) is 0 Å². The number of rotatable bonds is 6. The molecule has 2 aromatic heterocycles. The van der Waals surface area contributed by atoms with Crippen molar-refractivity contribution >= 4 is 11.7 Å². The molecule has 1 atom stereocenters. The van der Waals surface area contributed by atoms with Gasteiger partial charge < -0.3 is 19.7 Å². The Kier molecular flexibility index (Phi) is 6.49. The number of hydrogen-bond donors (Lipinski definition) is 1. The normalized spacial score (nSPS) is 15.8. The summed E-state index contributed by atoms with van der Waals surface area (Å²) in [5.74, 6) is 2.38. The van der Waals surface area contributed by atoms with Gasteiger partial charge in [-0.2, -0.15) is 0 Å². The van der Waals surface area contributed by atoms with E-state index in [1.165, 1.54) is 0 Å². The van der Waals surface area contributed by atoms with Gasteiger partial charge in [0, 0.05) is 50.1 Å². The highest BCUT2D eigenvalue weighted by molar-refractivity contribution is 5.99. The SMILES string of the molecule is CNc1cc([C@@H]2CCCN(C(=O)c3c(OC)cccc3OC)C2)nc(-c2cccnc2)n1. The van der Waals surface area contributed by atoms with E-state index in [9.17, 15) is 4.79 Å². The first-order valence-electron chi connectivity index (χ1n) is 10.6. The molecule has 1 aliphatic rings. The molecule has 1 fully saturated rings. The van der Waals surface area contributed by atoms with E-state index in [4.69, 9.17) is 14.5 Å². The van der Waals surface area contributed by atoms with Crippen molar-refractivity contribution in [3.63, 3.8) is 0 Å². The molecule has 0 saturated carbocycles. The number of methoxy groups -OCH3 is 2. The zero-order chi connectivity index (χ0) is 22.5. The summed E-state index contributed by atoms with van der Waals surface area (Å²) in [6.07, 6.45) is 5.31. The number of nitrogens with one attached hydrogen (secondary N) is 1. The molecule has 8 heteroatoms. The van der Waals surface area contributed by atoms with Crippen molar-refractivity contribution in [2.45, 2.75) is 18.8 Å². The highest BCUT2D eigenvalue weighted by Gasteiger charge is 2.30. The van der Waals surface area contributed by atoms with Gasteiger partial charge in [0.2, 0.25) is 0 Å². The van der Waals surface area contributed by atoms with Crippen LogP contribution < -0.4 is 14.8 Å². The molecule has 1 aromatic carbocycles. The first-order chi connectivity index (χ1) is 15.6. The summed E-state index contributed by atoms with van der Waals surface area (Å²) in [7, 11) is 4.96. The zero-order valence-corrected chi connectivity index (χ0v) is 18.5. The molecular weight excluding hydrogens is 406 g/mol. The van der Waals surface area contributed by atoms with Crippen molar-refractivity contribution in [3.05, 3.63) is 60.0 Å². The molecule has 0 aliphatic carbocycles. The van der Waals surface area contributed by atoms with Crippen LogP contribution in [0.25, 0.3) is 11.4 Å². The summed E-state index contributed by atoms with van der Waals surface area (Å²) in [5.41, 5.74) is 2.22. The van der Waals surface area contributed by atoms with Gasteiger partial charge in [-0.25, -0.2) is 9.97 Å². The van der Waals surface area contributed by atoms with Crippen LogP contribution in [-0.2, 0) is 0 Å². The lowest BCUT2D eigenvalue weighted by Gasteiger charge is -2.33. The number of piperidine rings is 1. The van der Waals surface area contributed by atoms with Crippen LogP contribution in [0.5, 0.6) is 11.5 Å². The van der Waals surface area contributed by atoms with Gasteiger partial charge in [0.15, 0.2) is 5.82 Å². The molecule has 0 bridgehead atoms. The molecule has 4 rings (SSSR count). The largest absolute Gasteiger partial charge is 0.496 e. The molecule has 3 heterocycles. The third-order valence-electron chi connectivity index (χ3n) is 5.69. The quantitative estimate of drug-likeness (QED) is 0.635. The maximum Gasteiger partial charge on any atom is 0.261 e. The Hall–Kier alpha value is -3.68. The molecule has 8 nitrogen and oxygen atoms in total. The predicted molar refractivity (Wildman–Crippen MR) is 122 cm³/mol. The molecular formula is C24H27N5O3. The maximum absolute atomic E-state index is 13.5. The van der Waals surface area contributed by atoms with E-state index in [1.54, 1.807) is 38.7 Å². The van der Waals surface area contributed by atoms with Gasteiger partial charge in [0.25, 0.3) is 5.91 Å². The van der Waals surface area contributed by atoms with Crippen LogP contribution >= 0.6 is 0 Å². The van der Waals surface area contributed by atoms with Crippen LogP contribution in [-0.4, -0.2) is 60.1 Å². The third kappa shape index (κ3) is 4.34. The number of ether oxygens (including phenoxy) is 2. The average molecular weight is 434 g/mol. The number of nitrogens with zero attached hydrogens (tertiary/aromatic N) is 4. The number of amides is 1. The Labute approximate surface area is 187 Å². The second-order valence-electron chi connectivity index (χ2n) is 7.62. The topological polar surface area (TPSA) is 89.5 Å². The van der Waals surface area contributed by atoms with E-state index in [0.717, 1.165) is 29.9 Å². The number of aromatic nitrogens is 3. The highest BCUT2D eigenvalue weighted by Crippen LogP contribution is 2.33. The second kappa shape index (κ2) is 9.64. The Morgan fingerprint density at radius 3 is 2.56 bits per heavy atom. The van der Waals surface area contributed by atoms with Gasteiger partial charge in [-0.3, -0.25) is 9.78 Å². The zero-order valence-electron chi connectivity index (χ0n) is 18.5. The number of benzene rings is 1. The molecule has 3 aromatic rings. The molecule has 1 N–H and O–H groups in total. The fourth-order valence-corrected chi connectivity index (χ4v) is 4.05. The van der Waals surface area contributed by atoms with Crippen LogP contribution in [0, 0.1) is 0 Å². The fourth-order valence-electron chi connectivity index (χ4n) is 4.05. The van der Waals surface area contributed by atoms with Crippen molar-refractivity contribution in [1.82, 2.24) is 19.9 Å². The van der Waals surface area contributed by atoms with Crippen LogP contribution in [0.1, 0.15) is 34.8 Å². The Morgan fingerprint density at radius 1 is 1.12 bits per heavy atom. The third-order valence-corrected chi connectivity index (χ3v) is 5.69. The van der Waals surface area contributed by atoms with Crippen molar-refractivity contribution in [2.24, 2.45) is 0 Å². The van der Waals surface area contributed by atoms with E-state index in [1.807, 2.05) is 36.2 Å². The first kappa shape index (κ1) is 21.5. The lowest BCUT2D eigenvalue weighted by Crippen LogP contribution is -2.39. The minimum atomic E-state index is -0.0978. The van der Waals surface area contributed by atoms with Crippen LogP contribution in [0.4, 0.5) is 5.82 Å². The van der Waals surface area contributed by atoms with Crippen LogP contribution in [0.15, 0.2) is 48.8 Å². The molecule has 1 saturated heterocycles. The van der Waals surface area contributed by atoms with Gasteiger partial charge in [-0.1, -0.05) is 6.07 Å². The summed E-state index contributed by atoms with van der Waals surface area (Å²) in [5, 5.41) is 3.12. The monoisotopic (exact) mass is 433 g/mol. The summed E-state index contributed by atoms with van der Waals surface area (Å²) < 4.78 is 10.9. The number of carbonyl (C=O) groups excluding carboxylic acids is 1. The van der Waals surface area contributed by atoms with Crippen molar-refractivity contribution < 1.29 is 14.3 Å². The van der Waals surface area contributed by atoms with Gasteiger partial charge in [0.05, 0.1) is 19.9 Å². The lowest BCUT2D eigenvalue weighted by molar-refractivity contribution is 0.0699. The summed E-state index contributed by atoms with van der Waals surface area (Å²) in [6, 6.07) is 11.1. The highest BCUT2D eigenvalue weighted by atomic mass is 16.5. The van der Waals surface area contributed by atoms with Crippen LogP contribution in [0.3, 0.4) is 0 Å². The minimum absolute atomic E-state index is 0.0962. The van der Waals surface area contributed by atoms with E-state index in [2.05, 4.69) is 15.3 Å². The Morgan fingerprint density at radius 2 is 1.91 bits per heavy atom. The average Bonchev–Trinajstić information content (AvgIpc) is 2.88. The number of pyridine rings is 1. The number of likely N-dealkylation sites (tertiary alicyclic amines) is 1. The molecule has 166 valence electrons. The fraction of sp³-hybridized carbons (Fsp3) is 0.333. The molecule has 0 unspecified atom stereocenters. The van der Waals surface area contributed by atoms with Gasteiger partial charge in [-0.15, -0.1) is 0 Å². The summed E-state index contributed by atoms with van der Waals surface area (Å²) in [6.45, 7) is 1.24. The van der Waals surface area contributed by atoms with Gasteiger partial charge >= 0.3 is 0 Å². The molecule has 1 amide bonds. The van der Waals surface area contributed by atoms with Gasteiger partial charge in [-0.05, 0) is 37.1 Å². The van der Waals surface area contributed by atoms with Gasteiger partial charge in [0.1, 0.15) is 22.9 Å². The van der Waals surface area contributed by atoms with E-state index in [-0.39, 0.29) is 11.8 Å². The summed E-state index contributed by atoms with van der Waals surface area (Å²) >= 11 is 0. The molecule has 0 radical (unpaired) electrons. The Bertz CT molecular complexity index is 1070. The van der Waals surface area contributed by atoms with E-state index >= 15 is 0 Å². The molecule has 0 spiro atoms. The molecule has 32 heavy (non-hydrogen) atoms. The van der Waals surface area contributed by atoms with Crippen molar-refractivity contribution in [3.8, 4) is 22.9 Å². The lowest BCUT2D eigenvalue weighted by atomic mass is 9.93. The van der Waals surface area contributed by atoms with E-state index < -0.39 is 0 Å². The smallest absolute Gasteiger partial charge is 0.261 e. The Balaban J connectivity index is 1.63. The van der Waals surface area contributed by atoms with Crippen molar-refractivity contribution in [1.29, 1.82) is 0 Å². The van der Waals surface area contributed by atoms with E-state index in [0.29, 0.717) is 36.0 Å². The second-order valence-corrected chi connectivity index (χ2v) is 7.62. The maximum atomic E-state index is 13.5. The predicted octanol–water partition coefficient (Wildman–Crippen LogP) is 3.62. The standard InChI is InChI=1S/C24H27N5O3/c1-25-21-13-18(27-23(28-21)16-7-5-11-26-14-16)17-8-6-12-29(15-17)24(30)22-19(31-2)9-4-10-20(22)32-3/h4-5,7,9-11,13-14,17H,6,8,12,15H2,1-3H3,(H,25,27,28)/t17-/m1/s1. The van der Waals surface area contributed by atoms with Crippen molar-refractivity contribution in [2.75, 3.05) is 39.7 Å². The molecule has 1 aliphatic heterocycles. The summed E-state index contributed by atoms with van der Waals surface area (Å²) in [4.78, 5) is 28.9. The number of carbonyl (C=O) groups is 1. The number of anilines is 1. The number of hydrogen-bond acceptors (Lipinski definition) is 7.